The van der Waals surface area contributed by atoms with Gasteiger partial charge in [0.05, 0.1) is 6.20 Å². The Bertz CT molecular complexity index is 371. The van der Waals surface area contributed by atoms with Gasteiger partial charge in [-0.25, -0.2) is 0 Å². The van der Waals surface area contributed by atoms with Crippen molar-refractivity contribution in [3.8, 4) is 0 Å². The molecule has 0 amide bonds. The summed E-state index contributed by atoms with van der Waals surface area (Å²) in [6, 6.07) is 0.833. The lowest BCUT2D eigenvalue weighted by molar-refractivity contribution is 0.351. The van der Waals surface area contributed by atoms with Crippen LogP contribution in [-0.2, 0) is 6.42 Å². The number of aromatic amines is 1. The van der Waals surface area contributed by atoms with E-state index in [1.807, 2.05) is 6.20 Å². The fourth-order valence-electron chi connectivity index (χ4n) is 3.69. The summed E-state index contributed by atoms with van der Waals surface area (Å²) in [5.41, 5.74) is 2.60. The minimum Gasteiger partial charge on any atom is -0.314 e. The lowest BCUT2D eigenvalue weighted by Crippen LogP contribution is -2.34. The van der Waals surface area contributed by atoms with Gasteiger partial charge in [-0.15, -0.1) is 0 Å². The van der Waals surface area contributed by atoms with E-state index in [1.165, 1.54) is 49.9 Å². The molecule has 2 aliphatic carbocycles. The summed E-state index contributed by atoms with van der Waals surface area (Å²) in [7, 11) is 0. The summed E-state index contributed by atoms with van der Waals surface area (Å²) >= 11 is 0. The van der Waals surface area contributed by atoms with Crippen LogP contribution in [0.1, 0.15) is 43.4 Å². The monoisotopic (exact) mass is 233 g/mol. The van der Waals surface area contributed by atoms with E-state index in [0.29, 0.717) is 0 Å². The van der Waals surface area contributed by atoms with Crippen molar-refractivity contribution in [3.63, 3.8) is 0 Å². The Kier molecular flexibility index (Phi) is 3.19. The van der Waals surface area contributed by atoms with E-state index < -0.39 is 0 Å². The molecule has 94 valence electrons. The fourth-order valence-corrected chi connectivity index (χ4v) is 3.69. The third-order valence-electron chi connectivity index (χ3n) is 4.70. The maximum absolute atomic E-state index is 4.06. The molecule has 0 aliphatic heterocycles. The lowest BCUT2D eigenvalue weighted by Gasteiger charge is -2.22. The van der Waals surface area contributed by atoms with Crippen LogP contribution in [0.4, 0.5) is 0 Å². The van der Waals surface area contributed by atoms with Crippen molar-refractivity contribution in [1.82, 2.24) is 15.5 Å². The summed E-state index contributed by atoms with van der Waals surface area (Å²) in [5, 5.41) is 10.8. The normalized spacial score (nSPS) is 31.2. The van der Waals surface area contributed by atoms with Gasteiger partial charge in [-0.2, -0.15) is 5.10 Å². The highest BCUT2D eigenvalue weighted by atomic mass is 15.1. The van der Waals surface area contributed by atoms with Crippen LogP contribution in [0.3, 0.4) is 0 Å². The maximum atomic E-state index is 4.06. The molecular formula is C14H23N3. The van der Waals surface area contributed by atoms with E-state index in [4.69, 9.17) is 0 Å². The number of hydrogen-bond donors (Lipinski definition) is 2. The highest BCUT2D eigenvalue weighted by Gasteiger charge is 2.38. The zero-order valence-corrected chi connectivity index (χ0v) is 10.7. The molecule has 17 heavy (non-hydrogen) atoms. The predicted octanol–water partition coefficient (Wildman–Crippen LogP) is 2.43. The maximum Gasteiger partial charge on any atom is 0.0522 e. The molecule has 2 N–H and O–H groups in total. The number of aromatic nitrogens is 2. The van der Waals surface area contributed by atoms with Crippen molar-refractivity contribution in [3.05, 3.63) is 17.5 Å². The first kappa shape index (κ1) is 11.3. The van der Waals surface area contributed by atoms with Crippen molar-refractivity contribution in [2.45, 2.75) is 51.5 Å². The molecule has 0 radical (unpaired) electrons. The Labute approximate surface area is 103 Å². The number of aryl methyl sites for hydroxylation is 2. The van der Waals surface area contributed by atoms with Gasteiger partial charge in [-0.05, 0) is 63.0 Å². The molecule has 1 aromatic rings. The summed E-state index contributed by atoms with van der Waals surface area (Å²) in [6.45, 7) is 3.27. The van der Waals surface area contributed by atoms with Crippen molar-refractivity contribution in [2.24, 2.45) is 11.8 Å². The predicted molar refractivity (Wildman–Crippen MR) is 68.9 cm³/mol. The highest BCUT2D eigenvalue weighted by Crippen LogP contribution is 2.44. The quantitative estimate of drug-likeness (QED) is 0.767. The summed E-state index contributed by atoms with van der Waals surface area (Å²) in [4.78, 5) is 0. The smallest absolute Gasteiger partial charge is 0.0522 e. The molecule has 3 rings (SSSR count). The zero-order chi connectivity index (χ0) is 11.7. The van der Waals surface area contributed by atoms with Crippen LogP contribution in [0.25, 0.3) is 0 Å². The van der Waals surface area contributed by atoms with E-state index in [2.05, 4.69) is 22.4 Å². The SMILES string of the molecule is Cc1[nH]ncc1CCCNC1CC2CCC1C2. The molecule has 3 atom stereocenters. The second kappa shape index (κ2) is 4.81. The van der Waals surface area contributed by atoms with Crippen LogP contribution in [0.5, 0.6) is 0 Å². The second-order valence-electron chi connectivity index (χ2n) is 5.86. The minimum absolute atomic E-state index is 0.833. The fraction of sp³-hybridized carbons (Fsp3) is 0.786. The second-order valence-corrected chi connectivity index (χ2v) is 5.86. The topological polar surface area (TPSA) is 40.7 Å². The number of fused-ring (bicyclic) bond motifs is 2. The number of H-pyrrole nitrogens is 1. The molecule has 2 bridgehead atoms. The van der Waals surface area contributed by atoms with Crippen molar-refractivity contribution in [2.75, 3.05) is 6.54 Å². The van der Waals surface area contributed by atoms with Gasteiger partial charge in [0, 0.05) is 11.7 Å². The molecule has 3 nitrogen and oxygen atoms in total. The Hall–Kier alpha value is -0.830. The molecule has 2 saturated carbocycles. The van der Waals surface area contributed by atoms with Gasteiger partial charge < -0.3 is 5.32 Å². The molecule has 1 heterocycles. The average Bonchev–Trinajstić information content (AvgIpc) is 3.01. The van der Waals surface area contributed by atoms with Gasteiger partial charge in [0.15, 0.2) is 0 Å². The first-order chi connectivity index (χ1) is 8.33. The van der Waals surface area contributed by atoms with Crippen LogP contribution in [0.2, 0.25) is 0 Å². The molecule has 0 spiro atoms. The van der Waals surface area contributed by atoms with E-state index in [-0.39, 0.29) is 0 Å². The Morgan fingerprint density at radius 2 is 2.35 bits per heavy atom. The number of rotatable bonds is 5. The molecule has 0 saturated heterocycles. The van der Waals surface area contributed by atoms with E-state index in [9.17, 15) is 0 Å². The third-order valence-corrected chi connectivity index (χ3v) is 4.70. The van der Waals surface area contributed by atoms with Crippen LogP contribution < -0.4 is 5.32 Å². The largest absolute Gasteiger partial charge is 0.314 e. The van der Waals surface area contributed by atoms with Gasteiger partial charge in [-0.3, -0.25) is 5.10 Å². The highest BCUT2D eigenvalue weighted by molar-refractivity contribution is 5.14. The Morgan fingerprint density at radius 3 is 3.00 bits per heavy atom. The Morgan fingerprint density at radius 1 is 1.41 bits per heavy atom. The third kappa shape index (κ3) is 2.39. The van der Waals surface area contributed by atoms with Gasteiger partial charge in [0.2, 0.25) is 0 Å². The van der Waals surface area contributed by atoms with Crippen molar-refractivity contribution < 1.29 is 0 Å². The van der Waals surface area contributed by atoms with Gasteiger partial charge in [-0.1, -0.05) is 6.42 Å². The number of nitrogens with one attached hydrogen (secondary N) is 2. The summed E-state index contributed by atoms with van der Waals surface area (Å²) < 4.78 is 0. The van der Waals surface area contributed by atoms with E-state index in [1.54, 1.807) is 0 Å². The van der Waals surface area contributed by atoms with Gasteiger partial charge in [0.25, 0.3) is 0 Å². The van der Waals surface area contributed by atoms with Crippen molar-refractivity contribution in [1.29, 1.82) is 0 Å². The molecule has 2 aliphatic rings. The van der Waals surface area contributed by atoms with E-state index in [0.717, 1.165) is 24.3 Å². The van der Waals surface area contributed by atoms with Crippen LogP contribution >= 0.6 is 0 Å². The van der Waals surface area contributed by atoms with Crippen LogP contribution in [0.15, 0.2) is 6.20 Å². The molecule has 3 unspecified atom stereocenters. The minimum atomic E-state index is 0.833. The standard InChI is InChI=1S/C14H23N3/c1-10-13(9-16-17-10)3-2-6-15-14-8-11-4-5-12(14)7-11/h9,11-12,14-15H,2-8H2,1H3,(H,16,17). The average molecular weight is 233 g/mol. The number of hydrogen-bond acceptors (Lipinski definition) is 2. The summed E-state index contributed by atoms with van der Waals surface area (Å²) in [6.07, 6.45) is 10.3. The first-order valence-electron chi connectivity index (χ1n) is 7.05. The van der Waals surface area contributed by atoms with Crippen LogP contribution in [0, 0.1) is 18.8 Å². The molecular weight excluding hydrogens is 210 g/mol. The summed E-state index contributed by atoms with van der Waals surface area (Å²) in [5.74, 6) is 2.05. The first-order valence-corrected chi connectivity index (χ1v) is 7.05. The number of nitrogens with zero attached hydrogens (tertiary/aromatic N) is 1. The molecule has 1 aromatic heterocycles. The van der Waals surface area contributed by atoms with Gasteiger partial charge >= 0.3 is 0 Å². The lowest BCUT2D eigenvalue weighted by atomic mass is 9.95. The van der Waals surface area contributed by atoms with E-state index >= 15 is 0 Å². The van der Waals surface area contributed by atoms with Gasteiger partial charge in [0.1, 0.15) is 0 Å². The molecule has 3 heteroatoms. The Balaban J connectivity index is 1.37. The zero-order valence-electron chi connectivity index (χ0n) is 10.7. The molecule has 2 fully saturated rings. The molecule has 0 aromatic carbocycles. The van der Waals surface area contributed by atoms with Crippen LogP contribution in [-0.4, -0.2) is 22.8 Å². The van der Waals surface area contributed by atoms with Crippen molar-refractivity contribution >= 4 is 0 Å².